The average Bonchev–Trinajstić information content (AvgIpc) is 3.26. The molecule has 0 unspecified atom stereocenters. The number of amides is 2. The molecule has 2 aromatic carbocycles. The van der Waals surface area contributed by atoms with Gasteiger partial charge in [0, 0.05) is 56.5 Å². The van der Waals surface area contributed by atoms with Crippen LogP contribution in [0.25, 0.3) is 0 Å². The number of carbonyl (C=O) groups is 2. The van der Waals surface area contributed by atoms with Gasteiger partial charge in [-0.15, -0.1) is 0 Å². The first kappa shape index (κ1) is 21.9. The Morgan fingerprint density at radius 3 is 2.56 bits per heavy atom. The summed E-state index contributed by atoms with van der Waals surface area (Å²) in [6.07, 6.45) is 3.22. The van der Waals surface area contributed by atoms with Gasteiger partial charge in [0.2, 0.25) is 0 Å². The number of hydrogen-bond acceptors (Lipinski definition) is 5. The van der Waals surface area contributed by atoms with Crippen molar-refractivity contribution in [2.45, 2.75) is 32.3 Å². The molecule has 1 fully saturated rings. The molecule has 34 heavy (non-hydrogen) atoms. The van der Waals surface area contributed by atoms with Crippen molar-refractivity contribution in [1.29, 1.82) is 0 Å². The lowest BCUT2D eigenvalue weighted by Crippen LogP contribution is -2.42. The van der Waals surface area contributed by atoms with Gasteiger partial charge in [0.15, 0.2) is 5.82 Å². The number of halogens is 1. The number of nitrogens with one attached hydrogen (secondary N) is 1. The Bertz CT molecular complexity index is 1300. The summed E-state index contributed by atoms with van der Waals surface area (Å²) in [7, 11) is 1.76. The Morgan fingerprint density at radius 2 is 1.91 bits per heavy atom. The van der Waals surface area contributed by atoms with E-state index in [-0.39, 0.29) is 23.1 Å². The highest BCUT2D eigenvalue weighted by atomic mass is 19.1. The molecular formula is C25H25FN4O4. The summed E-state index contributed by atoms with van der Waals surface area (Å²) in [5.74, 6) is 0.185. The van der Waals surface area contributed by atoms with E-state index < -0.39 is 11.4 Å². The number of aromatic nitrogens is 2. The lowest BCUT2D eigenvalue weighted by Gasteiger charge is -2.31. The number of aryl methyl sites for hydroxylation is 1. The van der Waals surface area contributed by atoms with Gasteiger partial charge in [-0.1, -0.05) is 0 Å². The summed E-state index contributed by atoms with van der Waals surface area (Å²) in [4.78, 5) is 27.1. The maximum atomic E-state index is 14.7. The monoisotopic (exact) mass is 464 g/mol. The van der Waals surface area contributed by atoms with E-state index in [0.717, 1.165) is 12.0 Å². The van der Waals surface area contributed by atoms with E-state index in [1.807, 2.05) is 13.8 Å². The Labute approximate surface area is 196 Å². The normalized spacial score (nSPS) is 15.8. The molecule has 0 aliphatic carbocycles. The summed E-state index contributed by atoms with van der Waals surface area (Å²) in [6.45, 7) is 5.17. The molecule has 2 amide bonds. The van der Waals surface area contributed by atoms with Gasteiger partial charge in [-0.2, -0.15) is 5.10 Å². The minimum atomic E-state index is -0.652. The summed E-state index contributed by atoms with van der Waals surface area (Å²) in [5.41, 5.74) is 0.703. The minimum absolute atomic E-state index is 0.0153. The number of rotatable bonds is 5. The Balaban J connectivity index is 1.43. The predicted octanol–water partition coefficient (Wildman–Crippen LogP) is 4.16. The second kappa shape index (κ2) is 8.16. The first-order chi connectivity index (χ1) is 16.2. The fourth-order valence-corrected chi connectivity index (χ4v) is 4.14. The number of benzene rings is 2. The van der Waals surface area contributed by atoms with Gasteiger partial charge in [0.05, 0.1) is 11.1 Å². The largest absolute Gasteiger partial charge is 0.487 e. The first-order valence-corrected chi connectivity index (χ1v) is 11.1. The smallest absolute Gasteiger partial charge is 0.257 e. The van der Waals surface area contributed by atoms with Crippen molar-refractivity contribution in [1.82, 2.24) is 14.7 Å². The van der Waals surface area contributed by atoms with E-state index in [4.69, 9.17) is 9.47 Å². The third-order valence-electron chi connectivity index (χ3n) is 5.92. The van der Waals surface area contributed by atoms with Gasteiger partial charge >= 0.3 is 0 Å². The average molecular weight is 464 g/mol. The molecule has 1 N–H and O–H groups in total. The lowest BCUT2D eigenvalue weighted by molar-refractivity contribution is 0.0646. The molecule has 2 aliphatic heterocycles. The van der Waals surface area contributed by atoms with Gasteiger partial charge in [0.1, 0.15) is 28.7 Å². The summed E-state index contributed by atoms with van der Waals surface area (Å²) in [6, 6.07) is 9.15. The standard InChI is InChI=1S/C25H25FN4O4/c1-25(2)14-19-18(23(31)27-22-7-10-29(3)28-22)11-16(13-21(19)34-25)33-15-5-6-17(20(26)12-15)24(32)30-8-4-9-30/h5-7,10-13H,4,8-9,14H2,1-3H3,(H,27,28,31). The van der Waals surface area contributed by atoms with Crippen LogP contribution in [-0.2, 0) is 13.5 Å². The van der Waals surface area contributed by atoms with E-state index >= 15 is 0 Å². The second-order valence-corrected chi connectivity index (χ2v) is 9.20. The van der Waals surface area contributed by atoms with Crippen molar-refractivity contribution in [3.63, 3.8) is 0 Å². The number of anilines is 1. The fourth-order valence-electron chi connectivity index (χ4n) is 4.14. The maximum absolute atomic E-state index is 14.7. The molecule has 0 saturated carbocycles. The molecule has 176 valence electrons. The van der Waals surface area contributed by atoms with Crippen molar-refractivity contribution in [2.24, 2.45) is 7.05 Å². The molecule has 3 aromatic rings. The number of likely N-dealkylation sites (tertiary alicyclic amines) is 1. The van der Waals surface area contributed by atoms with Crippen molar-refractivity contribution in [3.8, 4) is 17.2 Å². The van der Waals surface area contributed by atoms with Crippen LogP contribution in [0.1, 0.15) is 46.5 Å². The van der Waals surface area contributed by atoms with E-state index in [0.29, 0.717) is 42.4 Å². The van der Waals surface area contributed by atoms with Crippen LogP contribution in [-0.4, -0.2) is 45.2 Å². The minimum Gasteiger partial charge on any atom is -0.487 e. The zero-order valence-electron chi connectivity index (χ0n) is 19.2. The topological polar surface area (TPSA) is 85.7 Å². The molecule has 0 spiro atoms. The van der Waals surface area contributed by atoms with Crippen LogP contribution in [0.5, 0.6) is 17.2 Å². The number of hydrogen-bond donors (Lipinski definition) is 1. The third-order valence-corrected chi connectivity index (χ3v) is 5.92. The van der Waals surface area contributed by atoms with Crippen LogP contribution in [0.4, 0.5) is 10.2 Å². The van der Waals surface area contributed by atoms with Crippen LogP contribution >= 0.6 is 0 Å². The third kappa shape index (κ3) is 4.21. The molecule has 1 aromatic heterocycles. The van der Waals surface area contributed by atoms with Crippen LogP contribution in [0.3, 0.4) is 0 Å². The first-order valence-electron chi connectivity index (χ1n) is 11.1. The number of carbonyl (C=O) groups excluding carboxylic acids is 2. The molecule has 8 nitrogen and oxygen atoms in total. The van der Waals surface area contributed by atoms with Crippen LogP contribution in [0.2, 0.25) is 0 Å². The van der Waals surface area contributed by atoms with Crippen LogP contribution in [0.15, 0.2) is 42.6 Å². The molecule has 2 aliphatic rings. The molecule has 5 rings (SSSR count). The highest BCUT2D eigenvalue weighted by molar-refractivity contribution is 6.05. The van der Waals surface area contributed by atoms with Crippen molar-refractivity contribution < 1.29 is 23.5 Å². The fraction of sp³-hybridized carbons (Fsp3) is 0.320. The molecule has 0 atom stereocenters. The Hall–Kier alpha value is -3.88. The molecule has 9 heteroatoms. The van der Waals surface area contributed by atoms with Gasteiger partial charge < -0.3 is 19.7 Å². The van der Waals surface area contributed by atoms with Gasteiger partial charge in [0.25, 0.3) is 11.8 Å². The van der Waals surface area contributed by atoms with Crippen molar-refractivity contribution >= 4 is 17.6 Å². The number of fused-ring (bicyclic) bond motifs is 1. The number of nitrogens with zero attached hydrogens (tertiary/aromatic N) is 3. The molecule has 3 heterocycles. The van der Waals surface area contributed by atoms with Crippen LogP contribution < -0.4 is 14.8 Å². The van der Waals surface area contributed by atoms with E-state index in [9.17, 15) is 14.0 Å². The highest BCUT2D eigenvalue weighted by Gasteiger charge is 2.34. The van der Waals surface area contributed by atoms with E-state index in [2.05, 4.69) is 10.4 Å². The second-order valence-electron chi connectivity index (χ2n) is 9.20. The zero-order chi connectivity index (χ0) is 24.0. The zero-order valence-corrected chi connectivity index (χ0v) is 19.2. The maximum Gasteiger partial charge on any atom is 0.257 e. The Morgan fingerprint density at radius 1 is 1.12 bits per heavy atom. The lowest BCUT2D eigenvalue weighted by atomic mass is 9.96. The quantitative estimate of drug-likeness (QED) is 0.613. The van der Waals surface area contributed by atoms with Gasteiger partial charge in [-0.3, -0.25) is 14.3 Å². The molecular weight excluding hydrogens is 439 g/mol. The van der Waals surface area contributed by atoms with Crippen molar-refractivity contribution in [3.05, 3.63) is 65.1 Å². The predicted molar refractivity (Wildman–Crippen MR) is 123 cm³/mol. The van der Waals surface area contributed by atoms with Gasteiger partial charge in [-0.25, -0.2) is 4.39 Å². The molecule has 0 radical (unpaired) electrons. The molecule has 1 saturated heterocycles. The summed E-state index contributed by atoms with van der Waals surface area (Å²) in [5, 5.41) is 6.99. The van der Waals surface area contributed by atoms with Crippen molar-refractivity contribution in [2.75, 3.05) is 18.4 Å². The Kier molecular flexibility index (Phi) is 5.27. The summed E-state index contributed by atoms with van der Waals surface area (Å²) >= 11 is 0. The summed E-state index contributed by atoms with van der Waals surface area (Å²) < 4.78 is 28.2. The number of ether oxygens (including phenoxy) is 2. The van der Waals surface area contributed by atoms with E-state index in [1.54, 1.807) is 47.1 Å². The van der Waals surface area contributed by atoms with Gasteiger partial charge in [-0.05, 0) is 38.5 Å². The van der Waals surface area contributed by atoms with Crippen LogP contribution in [0, 0.1) is 5.82 Å². The molecule has 0 bridgehead atoms. The van der Waals surface area contributed by atoms with E-state index in [1.165, 1.54) is 12.1 Å². The SMILES string of the molecule is Cn1ccc(NC(=O)c2cc(Oc3ccc(C(=O)N4CCC4)c(F)c3)cc3c2CC(C)(C)O3)n1. The highest BCUT2D eigenvalue weighted by Crippen LogP contribution is 2.41.